The van der Waals surface area contributed by atoms with E-state index in [-0.39, 0.29) is 11.5 Å². The number of nitrogens with zero attached hydrogens (tertiary/aromatic N) is 2. The summed E-state index contributed by atoms with van der Waals surface area (Å²) in [7, 11) is 0. The van der Waals surface area contributed by atoms with Gasteiger partial charge >= 0.3 is 0 Å². The van der Waals surface area contributed by atoms with Crippen LogP contribution < -0.4 is 0 Å². The van der Waals surface area contributed by atoms with E-state index in [1.165, 1.54) is 0 Å². The second kappa shape index (κ2) is 3.86. The zero-order valence-electron chi connectivity index (χ0n) is 9.80. The summed E-state index contributed by atoms with van der Waals surface area (Å²) >= 11 is 3.16. The number of thiazole rings is 2. The van der Waals surface area contributed by atoms with Gasteiger partial charge in [-0.05, 0) is 18.3 Å². The molecule has 0 spiro atoms. The number of hydrogen-bond donors (Lipinski definition) is 1. The predicted molar refractivity (Wildman–Crippen MR) is 70.3 cm³/mol. The van der Waals surface area contributed by atoms with Crippen molar-refractivity contribution in [2.45, 2.75) is 32.8 Å². The molecule has 1 N–H and O–H groups in total. The molecule has 5 heteroatoms. The predicted octanol–water partition coefficient (Wildman–Crippen LogP) is 3.27. The molecule has 0 saturated carbocycles. The lowest BCUT2D eigenvalue weighted by Crippen LogP contribution is -2.24. The van der Waals surface area contributed by atoms with E-state index in [4.69, 9.17) is 0 Å². The van der Waals surface area contributed by atoms with Crippen LogP contribution >= 0.6 is 22.7 Å². The maximum Gasteiger partial charge on any atom is 0.143 e. The molecule has 3 rings (SSSR count). The van der Waals surface area contributed by atoms with Crippen LogP contribution in [-0.4, -0.2) is 15.1 Å². The molecule has 2 aromatic heterocycles. The molecule has 1 aliphatic rings. The number of aromatic nitrogens is 2. The van der Waals surface area contributed by atoms with E-state index in [2.05, 4.69) is 23.8 Å². The van der Waals surface area contributed by atoms with Gasteiger partial charge in [-0.3, -0.25) is 0 Å². The number of hydrogen-bond acceptors (Lipinski definition) is 5. The number of fused-ring (bicyclic) bond motifs is 1. The Morgan fingerprint density at radius 2 is 2.29 bits per heavy atom. The van der Waals surface area contributed by atoms with E-state index in [0.717, 1.165) is 34.1 Å². The first-order valence-electron chi connectivity index (χ1n) is 5.61. The quantitative estimate of drug-likeness (QED) is 0.861. The standard InChI is InChI=1S/C12H14N2OS2/c1-12(2)3-7-10(9(15)4-12)17-11(14-7)8-5-16-6-13-8/h5-6,9,15H,3-4H2,1-2H3. The van der Waals surface area contributed by atoms with Crippen molar-refractivity contribution in [2.75, 3.05) is 0 Å². The summed E-state index contributed by atoms with van der Waals surface area (Å²) in [5, 5.41) is 13.1. The Hall–Kier alpha value is -0.780. The average Bonchev–Trinajstić information content (AvgIpc) is 2.81. The Bertz CT molecular complexity index is 531. The van der Waals surface area contributed by atoms with Crippen LogP contribution in [0.25, 0.3) is 10.7 Å². The minimum atomic E-state index is -0.362. The van der Waals surface area contributed by atoms with E-state index in [9.17, 15) is 5.11 Å². The van der Waals surface area contributed by atoms with Crippen molar-refractivity contribution in [3.63, 3.8) is 0 Å². The molecule has 0 fully saturated rings. The zero-order valence-corrected chi connectivity index (χ0v) is 11.4. The van der Waals surface area contributed by atoms with Gasteiger partial charge in [0.2, 0.25) is 0 Å². The highest BCUT2D eigenvalue weighted by atomic mass is 32.1. The summed E-state index contributed by atoms with van der Waals surface area (Å²) in [4.78, 5) is 9.95. The molecule has 0 aromatic carbocycles. The van der Waals surface area contributed by atoms with Gasteiger partial charge in [0.1, 0.15) is 10.7 Å². The second-order valence-electron chi connectivity index (χ2n) is 5.26. The monoisotopic (exact) mass is 266 g/mol. The van der Waals surface area contributed by atoms with Gasteiger partial charge in [-0.15, -0.1) is 22.7 Å². The lowest BCUT2D eigenvalue weighted by Gasteiger charge is -2.31. The van der Waals surface area contributed by atoms with Crippen molar-refractivity contribution in [1.82, 2.24) is 9.97 Å². The molecule has 3 nitrogen and oxygen atoms in total. The molecule has 2 aromatic rings. The van der Waals surface area contributed by atoms with Crippen LogP contribution in [0.1, 0.15) is 36.9 Å². The Kier molecular flexibility index (Phi) is 2.57. The third-order valence-corrected chi connectivity index (χ3v) is 4.88. The van der Waals surface area contributed by atoms with Crippen LogP contribution in [0, 0.1) is 5.41 Å². The normalized spacial score (nSPS) is 22.4. The van der Waals surface area contributed by atoms with Crippen molar-refractivity contribution < 1.29 is 5.11 Å². The molecule has 0 aliphatic heterocycles. The summed E-state index contributed by atoms with van der Waals surface area (Å²) in [5.74, 6) is 0. The minimum absolute atomic E-state index is 0.139. The molecule has 0 radical (unpaired) electrons. The van der Waals surface area contributed by atoms with Crippen molar-refractivity contribution in [2.24, 2.45) is 5.41 Å². The fraction of sp³-hybridized carbons (Fsp3) is 0.500. The SMILES string of the molecule is CC1(C)Cc2nc(-c3cscn3)sc2C(O)C1. The maximum atomic E-state index is 10.2. The van der Waals surface area contributed by atoms with Gasteiger partial charge in [0.05, 0.1) is 22.2 Å². The molecule has 17 heavy (non-hydrogen) atoms. The van der Waals surface area contributed by atoms with E-state index >= 15 is 0 Å². The molecule has 0 amide bonds. The van der Waals surface area contributed by atoms with E-state index in [0.29, 0.717) is 0 Å². The Balaban J connectivity index is 2.04. The Morgan fingerprint density at radius 1 is 1.47 bits per heavy atom. The average molecular weight is 266 g/mol. The Morgan fingerprint density at radius 3 is 3.00 bits per heavy atom. The number of rotatable bonds is 1. The first kappa shape index (κ1) is 11.3. The van der Waals surface area contributed by atoms with Gasteiger partial charge in [0, 0.05) is 5.38 Å². The van der Waals surface area contributed by atoms with Crippen molar-refractivity contribution in [3.05, 3.63) is 21.5 Å². The van der Waals surface area contributed by atoms with E-state index in [1.54, 1.807) is 22.7 Å². The van der Waals surface area contributed by atoms with Crippen LogP contribution in [-0.2, 0) is 6.42 Å². The van der Waals surface area contributed by atoms with Crippen LogP contribution in [0.15, 0.2) is 10.9 Å². The van der Waals surface area contributed by atoms with Gasteiger partial charge in [-0.1, -0.05) is 13.8 Å². The molecule has 2 heterocycles. The van der Waals surface area contributed by atoms with Gasteiger partial charge in [0.25, 0.3) is 0 Å². The summed E-state index contributed by atoms with van der Waals surface area (Å²) in [5.41, 5.74) is 3.94. The molecular formula is C12H14N2OS2. The third-order valence-electron chi connectivity index (χ3n) is 3.07. The van der Waals surface area contributed by atoms with Crippen molar-refractivity contribution >= 4 is 22.7 Å². The number of aliphatic hydroxyl groups is 1. The van der Waals surface area contributed by atoms with E-state index < -0.39 is 0 Å². The largest absolute Gasteiger partial charge is 0.387 e. The van der Waals surface area contributed by atoms with Gasteiger partial charge in [0.15, 0.2) is 0 Å². The summed E-state index contributed by atoms with van der Waals surface area (Å²) < 4.78 is 0. The molecule has 0 bridgehead atoms. The Labute approximate surface area is 108 Å². The van der Waals surface area contributed by atoms with Gasteiger partial charge in [-0.25, -0.2) is 9.97 Å². The smallest absolute Gasteiger partial charge is 0.143 e. The summed E-state index contributed by atoms with van der Waals surface area (Å²) in [6.07, 6.45) is 1.40. The van der Waals surface area contributed by atoms with E-state index in [1.807, 2.05) is 10.9 Å². The van der Waals surface area contributed by atoms with Crippen LogP contribution in [0.4, 0.5) is 0 Å². The molecule has 90 valence electrons. The summed E-state index contributed by atoms with van der Waals surface area (Å²) in [6, 6.07) is 0. The van der Waals surface area contributed by atoms with Gasteiger partial charge in [-0.2, -0.15) is 0 Å². The first-order valence-corrected chi connectivity index (χ1v) is 7.37. The minimum Gasteiger partial charge on any atom is -0.387 e. The highest BCUT2D eigenvalue weighted by molar-refractivity contribution is 7.15. The van der Waals surface area contributed by atoms with Crippen LogP contribution in [0.5, 0.6) is 0 Å². The highest BCUT2D eigenvalue weighted by Crippen LogP contribution is 2.44. The fourth-order valence-electron chi connectivity index (χ4n) is 2.32. The van der Waals surface area contributed by atoms with Crippen LogP contribution in [0.3, 0.4) is 0 Å². The third kappa shape index (κ3) is 2.03. The van der Waals surface area contributed by atoms with Gasteiger partial charge < -0.3 is 5.11 Å². The lowest BCUT2D eigenvalue weighted by molar-refractivity contribution is 0.102. The molecule has 1 atom stereocenters. The van der Waals surface area contributed by atoms with Crippen molar-refractivity contribution in [1.29, 1.82) is 0 Å². The molecular weight excluding hydrogens is 252 g/mol. The fourth-order valence-corrected chi connectivity index (χ4v) is 3.97. The second-order valence-corrected chi connectivity index (χ2v) is 7.01. The summed E-state index contributed by atoms with van der Waals surface area (Å²) in [6.45, 7) is 4.36. The first-order chi connectivity index (χ1) is 8.05. The zero-order chi connectivity index (χ0) is 12.0. The molecule has 0 saturated heterocycles. The maximum absolute atomic E-state index is 10.2. The highest BCUT2D eigenvalue weighted by Gasteiger charge is 2.34. The lowest BCUT2D eigenvalue weighted by atomic mass is 9.77. The van der Waals surface area contributed by atoms with Crippen LogP contribution in [0.2, 0.25) is 0 Å². The molecule has 1 unspecified atom stereocenters. The van der Waals surface area contributed by atoms with Crippen molar-refractivity contribution in [3.8, 4) is 10.7 Å². The molecule has 1 aliphatic carbocycles. The number of aliphatic hydroxyl groups excluding tert-OH is 1. The topological polar surface area (TPSA) is 46.0 Å².